The smallest absolute Gasteiger partial charge is 0.0594 e. The normalized spacial score (nSPS) is 21.7. The van der Waals surface area contributed by atoms with E-state index in [0.29, 0.717) is 21.7 Å². The Balaban J connectivity index is 0.000000320. The summed E-state index contributed by atoms with van der Waals surface area (Å²) < 4.78 is 10.6. The Morgan fingerprint density at radius 1 is 0.396 bits per heavy atom. The molecule has 0 aromatic rings. The molecule has 0 spiro atoms. The maximum absolute atomic E-state index is 5.29. The summed E-state index contributed by atoms with van der Waals surface area (Å²) in [7, 11) is 2.20. The number of morpholine rings is 2. The Morgan fingerprint density at radius 3 is 1.21 bits per heavy atom. The minimum absolute atomic E-state index is 0.428. The minimum atomic E-state index is 0.428. The average molecular weight is 682 g/mol. The number of hydrogen-bond acceptors (Lipinski definition) is 7. The minimum Gasteiger partial charge on any atom is -0.379 e. The molecule has 7 heteroatoms. The molecule has 4 rings (SSSR count). The molecule has 0 saturated carbocycles. The van der Waals surface area contributed by atoms with Crippen LogP contribution in [0.2, 0.25) is 0 Å². The van der Waals surface area contributed by atoms with Crippen molar-refractivity contribution in [2.75, 3.05) is 125 Å². The van der Waals surface area contributed by atoms with Crippen LogP contribution >= 0.6 is 0 Å². The molecule has 0 aromatic heterocycles. The van der Waals surface area contributed by atoms with E-state index in [1.165, 1.54) is 104 Å². The molecule has 4 saturated heterocycles. The number of nitrogens with zero attached hydrogens (tertiary/aromatic N) is 5. The fraction of sp³-hybridized carbons (Fsp3) is 1.00. The summed E-state index contributed by atoms with van der Waals surface area (Å²) in [5.41, 5.74) is 1.88. The van der Waals surface area contributed by atoms with Gasteiger partial charge < -0.3 is 24.2 Å². The van der Waals surface area contributed by atoms with Crippen LogP contribution in [0, 0.1) is 21.7 Å². The molecule has 7 nitrogen and oxygen atoms in total. The van der Waals surface area contributed by atoms with E-state index < -0.39 is 0 Å². The van der Waals surface area contributed by atoms with Crippen LogP contribution in [0.25, 0.3) is 0 Å². The lowest BCUT2D eigenvalue weighted by molar-refractivity contribution is 0.0236. The van der Waals surface area contributed by atoms with E-state index in [2.05, 4.69) is 115 Å². The van der Waals surface area contributed by atoms with Crippen LogP contribution in [0.3, 0.4) is 0 Å². The molecule has 0 unspecified atom stereocenters. The van der Waals surface area contributed by atoms with Crippen molar-refractivity contribution in [1.29, 1.82) is 0 Å². The third-order valence-corrected chi connectivity index (χ3v) is 9.23. The molecule has 0 radical (unpaired) electrons. The van der Waals surface area contributed by atoms with E-state index in [1.807, 2.05) is 0 Å². The number of piperidine rings is 1. The Hall–Kier alpha value is -0.280. The Kier molecular flexibility index (Phi) is 22.2. The Labute approximate surface area is 301 Å². The predicted octanol–water partition coefficient (Wildman–Crippen LogP) is 7.70. The van der Waals surface area contributed by atoms with Gasteiger partial charge in [-0.15, -0.1) is 0 Å². The van der Waals surface area contributed by atoms with Crippen molar-refractivity contribution >= 4 is 0 Å². The lowest BCUT2D eigenvalue weighted by Crippen LogP contribution is -2.47. The van der Waals surface area contributed by atoms with Crippen LogP contribution in [0.4, 0.5) is 0 Å². The van der Waals surface area contributed by atoms with Crippen molar-refractivity contribution < 1.29 is 9.47 Å². The number of rotatable bonds is 7. The Bertz CT molecular complexity index is 754. The van der Waals surface area contributed by atoms with Crippen LogP contribution in [0.15, 0.2) is 0 Å². The predicted molar refractivity (Wildman–Crippen MR) is 210 cm³/mol. The monoisotopic (exact) mass is 682 g/mol. The third-order valence-electron chi connectivity index (χ3n) is 9.23. The largest absolute Gasteiger partial charge is 0.379 e. The number of likely N-dealkylation sites (tertiary alicyclic amines) is 1. The zero-order valence-corrected chi connectivity index (χ0v) is 35.0. The van der Waals surface area contributed by atoms with Gasteiger partial charge in [-0.2, -0.15) is 0 Å². The average Bonchev–Trinajstić information content (AvgIpc) is 2.97. The van der Waals surface area contributed by atoms with Gasteiger partial charge in [0.25, 0.3) is 0 Å². The van der Waals surface area contributed by atoms with Crippen LogP contribution in [-0.2, 0) is 9.47 Å². The number of piperazine rings is 1. The summed E-state index contributed by atoms with van der Waals surface area (Å²) in [6.45, 7) is 48.4. The molecule has 4 fully saturated rings. The van der Waals surface area contributed by atoms with Crippen LogP contribution in [-0.4, -0.2) is 150 Å². The van der Waals surface area contributed by atoms with Gasteiger partial charge in [-0.1, -0.05) is 89.5 Å². The maximum atomic E-state index is 5.29. The topological polar surface area (TPSA) is 34.7 Å². The van der Waals surface area contributed by atoms with Crippen molar-refractivity contribution in [3.63, 3.8) is 0 Å². The van der Waals surface area contributed by atoms with Gasteiger partial charge in [-0.3, -0.25) is 9.80 Å². The molecule has 0 aliphatic carbocycles. The fourth-order valence-corrected chi connectivity index (χ4v) is 6.44. The lowest BCUT2D eigenvalue weighted by atomic mass is 9.90. The molecule has 0 aromatic carbocycles. The summed E-state index contributed by atoms with van der Waals surface area (Å²) in [5, 5.41) is 0. The van der Waals surface area contributed by atoms with Gasteiger partial charge in [0.1, 0.15) is 0 Å². The van der Waals surface area contributed by atoms with Gasteiger partial charge in [-0.05, 0) is 87.0 Å². The molecule has 0 amide bonds. The molecular formula is C41H87N5O2. The van der Waals surface area contributed by atoms with E-state index in [1.54, 1.807) is 0 Å². The summed E-state index contributed by atoms with van der Waals surface area (Å²) in [6, 6.07) is 0. The van der Waals surface area contributed by atoms with Gasteiger partial charge in [0.15, 0.2) is 0 Å². The molecule has 4 aliphatic rings. The van der Waals surface area contributed by atoms with Crippen molar-refractivity contribution in [3.05, 3.63) is 0 Å². The van der Waals surface area contributed by atoms with E-state index in [0.717, 1.165) is 52.6 Å². The first kappa shape index (κ1) is 45.7. The quantitative estimate of drug-likeness (QED) is 0.273. The molecule has 0 bridgehead atoms. The zero-order valence-electron chi connectivity index (χ0n) is 35.0. The highest BCUT2D eigenvalue weighted by molar-refractivity contribution is 4.75. The van der Waals surface area contributed by atoms with E-state index in [9.17, 15) is 0 Å². The second kappa shape index (κ2) is 23.3. The van der Waals surface area contributed by atoms with E-state index in [4.69, 9.17) is 9.47 Å². The number of likely N-dealkylation sites (N-methyl/N-ethyl adjacent to an activating group) is 1. The van der Waals surface area contributed by atoms with E-state index >= 15 is 0 Å². The summed E-state index contributed by atoms with van der Waals surface area (Å²) in [4.78, 5) is 12.6. The first-order valence-corrected chi connectivity index (χ1v) is 19.9. The van der Waals surface area contributed by atoms with Gasteiger partial charge >= 0.3 is 0 Å². The lowest BCUT2D eigenvalue weighted by Gasteiger charge is -2.36. The number of ether oxygens (including phenoxy) is 2. The van der Waals surface area contributed by atoms with Gasteiger partial charge in [0.05, 0.1) is 26.4 Å². The van der Waals surface area contributed by atoms with Crippen LogP contribution in [0.1, 0.15) is 122 Å². The summed E-state index contributed by atoms with van der Waals surface area (Å²) >= 11 is 0. The molecule has 288 valence electrons. The molecule has 48 heavy (non-hydrogen) atoms. The highest BCUT2D eigenvalue weighted by Crippen LogP contribution is 2.22. The van der Waals surface area contributed by atoms with Gasteiger partial charge in [-0.25, -0.2) is 0 Å². The van der Waals surface area contributed by atoms with Crippen molar-refractivity contribution in [3.8, 4) is 0 Å². The molecule has 4 heterocycles. The van der Waals surface area contributed by atoms with Crippen LogP contribution in [0.5, 0.6) is 0 Å². The van der Waals surface area contributed by atoms with Crippen LogP contribution < -0.4 is 0 Å². The number of hydrogen-bond donors (Lipinski definition) is 0. The molecule has 4 aliphatic heterocycles. The second-order valence-corrected chi connectivity index (χ2v) is 19.9. The zero-order chi connectivity index (χ0) is 36.3. The van der Waals surface area contributed by atoms with Crippen molar-refractivity contribution in [2.45, 2.75) is 122 Å². The first-order chi connectivity index (χ1) is 22.2. The van der Waals surface area contributed by atoms with Gasteiger partial charge in [0.2, 0.25) is 0 Å². The second-order valence-electron chi connectivity index (χ2n) is 19.9. The van der Waals surface area contributed by atoms with Crippen molar-refractivity contribution in [1.82, 2.24) is 24.5 Å². The molecule has 0 atom stereocenters. The Morgan fingerprint density at radius 2 is 0.792 bits per heavy atom. The standard InChI is InChI=1S/C12H25N.C10H22N2.C10H21NO.C9H19NO/c1-12(2,3)8-7-11-13-9-5-4-6-10-13;1-10(2,3)9-12-7-5-11(4)6-8-12;1-10(2,3)4-5-11-6-8-12-9-7-11;1-9(2,3)8-10-4-6-11-7-5-10/h4-11H2,1-3H3;5-9H2,1-4H3;4-9H2,1-3H3;4-8H2,1-3H3. The first-order valence-electron chi connectivity index (χ1n) is 19.9. The van der Waals surface area contributed by atoms with Crippen molar-refractivity contribution in [2.24, 2.45) is 21.7 Å². The highest BCUT2D eigenvalue weighted by Gasteiger charge is 2.20. The third kappa shape index (κ3) is 28.4. The highest BCUT2D eigenvalue weighted by atomic mass is 16.5. The summed E-state index contributed by atoms with van der Waals surface area (Å²) in [5.74, 6) is 0. The molecule has 0 N–H and O–H groups in total. The summed E-state index contributed by atoms with van der Waals surface area (Å²) in [6.07, 6.45) is 8.33. The maximum Gasteiger partial charge on any atom is 0.0594 e. The fourth-order valence-electron chi connectivity index (χ4n) is 6.44. The SMILES string of the molecule is CC(C)(C)CCCN1CCCCC1.CC(C)(C)CCN1CCOCC1.CC(C)(C)CN1CCOCC1.CN1CCN(CC(C)(C)C)CC1. The van der Waals surface area contributed by atoms with Gasteiger partial charge in [0, 0.05) is 65.4 Å². The van der Waals surface area contributed by atoms with E-state index in [-0.39, 0.29) is 0 Å². The molecular weight excluding hydrogens is 594 g/mol.